The van der Waals surface area contributed by atoms with E-state index in [2.05, 4.69) is 4.98 Å². The van der Waals surface area contributed by atoms with E-state index in [9.17, 15) is 37.6 Å². The van der Waals surface area contributed by atoms with E-state index in [4.69, 9.17) is 11.6 Å². The molecular formula is C26H15ClFN3O7S2. The first kappa shape index (κ1) is 27.1. The summed E-state index contributed by atoms with van der Waals surface area (Å²) in [5, 5.41) is 22.2. The Morgan fingerprint density at radius 2 is 1.65 bits per heavy atom. The lowest BCUT2D eigenvalue weighted by molar-refractivity contribution is -0.384. The van der Waals surface area contributed by atoms with Crippen LogP contribution in [0.25, 0.3) is 5.76 Å². The highest BCUT2D eigenvalue weighted by Crippen LogP contribution is 2.44. The van der Waals surface area contributed by atoms with Gasteiger partial charge in [-0.2, -0.15) is 0 Å². The number of benzene rings is 3. The number of aliphatic hydroxyl groups excluding tert-OH is 1. The molecule has 1 aromatic heterocycles. The summed E-state index contributed by atoms with van der Waals surface area (Å²) < 4.78 is 39.8. The molecule has 1 aliphatic heterocycles. The maximum Gasteiger partial charge on any atom is 0.301 e. The summed E-state index contributed by atoms with van der Waals surface area (Å²) >= 11 is 6.51. The molecule has 1 N–H and O–H groups in total. The van der Waals surface area contributed by atoms with Gasteiger partial charge >= 0.3 is 5.91 Å². The number of Topliss-reactive ketones (excluding diaryl/α,β-unsaturated/α-hetero) is 1. The van der Waals surface area contributed by atoms with Crippen LogP contribution in [-0.4, -0.2) is 35.1 Å². The summed E-state index contributed by atoms with van der Waals surface area (Å²) in [6.07, 6.45) is 0.997. The Morgan fingerprint density at radius 3 is 2.25 bits per heavy atom. The fourth-order valence-corrected chi connectivity index (χ4v) is 6.78. The molecule has 0 aliphatic carbocycles. The lowest BCUT2D eigenvalue weighted by Crippen LogP contribution is -2.29. The van der Waals surface area contributed by atoms with Crippen molar-refractivity contribution < 1.29 is 32.4 Å². The average molecular weight is 600 g/mol. The molecule has 40 heavy (non-hydrogen) atoms. The molecule has 5 rings (SSSR count). The number of aliphatic hydroxyl groups is 1. The van der Waals surface area contributed by atoms with Crippen LogP contribution in [0.2, 0.25) is 5.02 Å². The number of rotatable bonds is 6. The molecule has 1 fully saturated rings. The van der Waals surface area contributed by atoms with Gasteiger partial charge in [0, 0.05) is 22.7 Å². The first-order valence-corrected chi connectivity index (χ1v) is 13.9. The Kier molecular flexibility index (Phi) is 6.96. The predicted octanol–water partition coefficient (Wildman–Crippen LogP) is 5.30. The van der Waals surface area contributed by atoms with E-state index in [1.54, 1.807) is 0 Å². The minimum Gasteiger partial charge on any atom is -0.507 e. The number of nitrogens with zero attached hydrogens (tertiary/aromatic N) is 3. The zero-order valence-electron chi connectivity index (χ0n) is 19.9. The standard InChI is InChI=1S/C26H15ClFN3O7S2/c27-16-5-1-15(2-6-16)23(32)21-22(14-3-7-17(28)8-4-14)30(25(34)24(21)33)26-29-13-20(39-26)40(37,38)19-11-9-18(10-12-19)31(35)36/h1-13,22,32H/b23-21-. The summed E-state index contributed by atoms with van der Waals surface area (Å²) in [4.78, 5) is 41.5. The Bertz CT molecular complexity index is 1800. The van der Waals surface area contributed by atoms with Gasteiger partial charge in [-0.15, -0.1) is 0 Å². The second kappa shape index (κ2) is 10.3. The first-order chi connectivity index (χ1) is 19.0. The number of halogens is 2. The van der Waals surface area contributed by atoms with E-state index < -0.39 is 44.1 Å². The Hall–Kier alpha value is -4.46. The van der Waals surface area contributed by atoms with Crippen molar-refractivity contribution in [2.24, 2.45) is 0 Å². The van der Waals surface area contributed by atoms with E-state index in [1.807, 2.05) is 0 Å². The van der Waals surface area contributed by atoms with Crippen molar-refractivity contribution in [2.45, 2.75) is 15.1 Å². The average Bonchev–Trinajstić information content (AvgIpc) is 3.53. The van der Waals surface area contributed by atoms with E-state index in [0.717, 1.165) is 47.5 Å². The van der Waals surface area contributed by atoms with Crippen LogP contribution < -0.4 is 4.90 Å². The minimum absolute atomic E-state index is 0.174. The zero-order valence-corrected chi connectivity index (χ0v) is 22.3. The quantitative estimate of drug-likeness (QED) is 0.103. The van der Waals surface area contributed by atoms with Crippen LogP contribution in [0, 0.1) is 15.9 Å². The number of sulfone groups is 1. The number of amides is 1. The topological polar surface area (TPSA) is 148 Å². The molecule has 3 aromatic carbocycles. The molecule has 1 unspecified atom stereocenters. The molecular weight excluding hydrogens is 585 g/mol. The largest absolute Gasteiger partial charge is 0.507 e. The molecule has 1 saturated heterocycles. The Labute approximate surface area is 234 Å². The maximum atomic E-state index is 13.7. The molecule has 0 radical (unpaired) electrons. The first-order valence-electron chi connectivity index (χ1n) is 11.3. The number of carbonyl (C=O) groups is 2. The summed E-state index contributed by atoms with van der Waals surface area (Å²) in [5.74, 6) is -3.23. The molecule has 4 aromatic rings. The molecule has 1 amide bonds. The Morgan fingerprint density at radius 1 is 1.02 bits per heavy atom. The van der Waals surface area contributed by atoms with Crippen molar-refractivity contribution in [1.29, 1.82) is 0 Å². The summed E-state index contributed by atoms with van der Waals surface area (Å²) in [5.41, 5.74) is -0.165. The van der Waals surface area contributed by atoms with Crippen molar-refractivity contribution in [2.75, 3.05) is 4.90 Å². The molecule has 1 aliphatic rings. The van der Waals surface area contributed by atoms with E-state index in [0.29, 0.717) is 16.4 Å². The number of thiazole rings is 1. The van der Waals surface area contributed by atoms with Gasteiger partial charge in [-0.05, 0) is 54.1 Å². The van der Waals surface area contributed by atoms with Gasteiger partial charge in [-0.25, -0.2) is 17.8 Å². The van der Waals surface area contributed by atoms with Gasteiger partial charge in [0.1, 0.15) is 15.8 Å². The van der Waals surface area contributed by atoms with Gasteiger partial charge in [-0.3, -0.25) is 24.6 Å². The highest BCUT2D eigenvalue weighted by Gasteiger charge is 2.48. The van der Waals surface area contributed by atoms with Crippen LogP contribution in [0.3, 0.4) is 0 Å². The van der Waals surface area contributed by atoms with Crippen molar-refractivity contribution in [3.8, 4) is 0 Å². The smallest absolute Gasteiger partial charge is 0.301 e. The van der Waals surface area contributed by atoms with Gasteiger partial charge in [0.25, 0.3) is 11.5 Å². The summed E-state index contributed by atoms with van der Waals surface area (Å²) in [6, 6.07) is 13.7. The number of anilines is 1. The lowest BCUT2D eigenvalue weighted by Gasteiger charge is -2.23. The molecule has 14 heteroatoms. The molecule has 0 spiro atoms. The van der Waals surface area contributed by atoms with Crippen molar-refractivity contribution in [3.05, 3.63) is 117 Å². The number of nitro groups is 1. The number of hydrogen-bond donors (Lipinski definition) is 1. The van der Waals surface area contributed by atoms with Crippen LogP contribution in [0.15, 0.2) is 93.7 Å². The van der Waals surface area contributed by atoms with E-state index in [-0.39, 0.29) is 36.6 Å². The van der Waals surface area contributed by atoms with Gasteiger partial charge in [0.2, 0.25) is 9.84 Å². The summed E-state index contributed by atoms with van der Waals surface area (Å²) in [6.45, 7) is 0. The second-order valence-electron chi connectivity index (χ2n) is 8.44. The van der Waals surface area contributed by atoms with Crippen LogP contribution in [0.1, 0.15) is 17.2 Å². The number of ketones is 1. The number of carbonyl (C=O) groups excluding carboxylic acids is 2. The van der Waals surface area contributed by atoms with Crippen LogP contribution in [-0.2, 0) is 19.4 Å². The van der Waals surface area contributed by atoms with Crippen LogP contribution in [0.5, 0.6) is 0 Å². The van der Waals surface area contributed by atoms with Crippen LogP contribution >= 0.6 is 22.9 Å². The third kappa shape index (κ3) is 4.74. The molecule has 10 nitrogen and oxygen atoms in total. The van der Waals surface area contributed by atoms with Gasteiger partial charge in [-0.1, -0.05) is 35.1 Å². The third-order valence-electron chi connectivity index (χ3n) is 6.05. The minimum atomic E-state index is -4.20. The van der Waals surface area contributed by atoms with Gasteiger partial charge in [0.15, 0.2) is 5.13 Å². The second-order valence-corrected chi connectivity index (χ2v) is 12.1. The van der Waals surface area contributed by atoms with Crippen molar-refractivity contribution in [3.63, 3.8) is 0 Å². The van der Waals surface area contributed by atoms with Gasteiger partial charge in [0.05, 0.1) is 27.6 Å². The normalized spacial score (nSPS) is 16.9. The number of non-ortho nitro benzene ring substituents is 1. The van der Waals surface area contributed by atoms with Crippen molar-refractivity contribution in [1.82, 2.24) is 4.98 Å². The molecule has 2 heterocycles. The number of aromatic nitrogens is 1. The zero-order chi connectivity index (χ0) is 28.8. The highest BCUT2D eigenvalue weighted by atomic mass is 35.5. The maximum absolute atomic E-state index is 13.7. The third-order valence-corrected chi connectivity index (χ3v) is 9.53. The predicted molar refractivity (Wildman–Crippen MR) is 143 cm³/mol. The fraction of sp³-hybridized carbons (Fsp3) is 0.0385. The van der Waals surface area contributed by atoms with Crippen LogP contribution in [0.4, 0.5) is 15.2 Å². The monoisotopic (exact) mass is 599 g/mol. The molecule has 0 bridgehead atoms. The molecule has 1 atom stereocenters. The number of nitro benzene ring substituents is 1. The lowest BCUT2D eigenvalue weighted by atomic mass is 9.95. The van der Waals surface area contributed by atoms with E-state index in [1.165, 1.54) is 36.4 Å². The highest BCUT2D eigenvalue weighted by molar-refractivity contribution is 7.93. The molecule has 0 saturated carbocycles. The van der Waals surface area contributed by atoms with Crippen molar-refractivity contribution >= 4 is 61.0 Å². The SMILES string of the molecule is O=C1C(=O)N(c2ncc(S(=O)(=O)c3ccc([N+](=O)[O-])cc3)s2)C(c2ccc(F)cc2)/C1=C(/O)c1ccc(Cl)cc1. The number of hydrogen-bond acceptors (Lipinski definition) is 9. The van der Waals surface area contributed by atoms with E-state index >= 15 is 0 Å². The molecule has 202 valence electrons. The van der Waals surface area contributed by atoms with Gasteiger partial charge < -0.3 is 5.11 Å². The fourth-order valence-electron chi connectivity index (χ4n) is 4.10. The Balaban J connectivity index is 1.62. The summed E-state index contributed by atoms with van der Waals surface area (Å²) in [7, 11) is -4.20.